The molecule has 0 aliphatic heterocycles. The van der Waals surface area contributed by atoms with Gasteiger partial charge >= 0.3 is 0 Å². The van der Waals surface area contributed by atoms with Crippen LogP contribution in [0.3, 0.4) is 0 Å². The zero-order chi connectivity index (χ0) is 20.5. The molecule has 0 saturated heterocycles. The van der Waals surface area contributed by atoms with Gasteiger partial charge in [-0.2, -0.15) is 0 Å². The monoisotopic (exact) mass is 391 g/mol. The number of pyridine rings is 2. The number of nitrogens with one attached hydrogen (secondary N) is 1. The van der Waals surface area contributed by atoms with E-state index in [2.05, 4.69) is 15.3 Å². The van der Waals surface area contributed by atoms with E-state index in [1.54, 1.807) is 25.1 Å². The van der Waals surface area contributed by atoms with E-state index in [4.69, 9.17) is 4.74 Å². The Bertz CT molecular complexity index is 828. The van der Waals surface area contributed by atoms with E-state index in [0.717, 1.165) is 5.56 Å². The molecule has 0 aromatic carbocycles. The van der Waals surface area contributed by atoms with Gasteiger partial charge in [-0.15, -0.1) is 0 Å². The number of amides is 1. The molecule has 8 heteroatoms. The maximum absolute atomic E-state index is 12.4. The van der Waals surface area contributed by atoms with Gasteiger partial charge in [0.05, 0.1) is 0 Å². The Morgan fingerprint density at radius 3 is 2.68 bits per heavy atom. The lowest BCUT2D eigenvalue weighted by molar-refractivity contribution is -0.118. The van der Waals surface area contributed by atoms with E-state index >= 15 is 0 Å². The Morgan fingerprint density at radius 1 is 1.21 bits per heavy atom. The van der Waals surface area contributed by atoms with Gasteiger partial charge in [-0.1, -0.05) is 13.8 Å². The smallest absolute Gasteiger partial charge is 0.272 e. The maximum Gasteiger partial charge on any atom is 0.272 e. The predicted octanol–water partition coefficient (Wildman–Crippen LogP) is 3.13. The van der Waals surface area contributed by atoms with Gasteiger partial charge in [0.1, 0.15) is 5.78 Å². The van der Waals surface area contributed by atoms with E-state index in [1.807, 2.05) is 6.92 Å². The van der Waals surface area contributed by atoms with Gasteiger partial charge in [0.15, 0.2) is 6.61 Å². The second-order valence-corrected chi connectivity index (χ2v) is 6.15. The Balaban J connectivity index is 2.00. The fourth-order valence-corrected chi connectivity index (χ4v) is 2.50. The fourth-order valence-electron chi connectivity index (χ4n) is 2.50. The molecule has 1 amide bonds. The standard InChI is InChI=1S/C20H23F2N3O3/c1-3-14-7-13(11-25-20(14)28-12-18(21)22)10-24-19(27)15-5-6-23-16(8-15)9-17(26)4-2/h5-8,11,18H,3-4,9-10,12H2,1-2H3,(H,24,27). The van der Waals surface area contributed by atoms with Crippen LogP contribution in [0.1, 0.15) is 47.4 Å². The highest BCUT2D eigenvalue weighted by molar-refractivity contribution is 5.94. The van der Waals surface area contributed by atoms with Crippen LogP contribution in [0.2, 0.25) is 0 Å². The van der Waals surface area contributed by atoms with Crippen molar-refractivity contribution in [1.82, 2.24) is 15.3 Å². The first-order chi connectivity index (χ1) is 13.4. The van der Waals surface area contributed by atoms with Gasteiger partial charge in [0.25, 0.3) is 12.3 Å². The summed E-state index contributed by atoms with van der Waals surface area (Å²) in [7, 11) is 0. The molecular formula is C20H23F2N3O3. The van der Waals surface area contributed by atoms with Gasteiger partial charge in [-0.3, -0.25) is 14.6 Å². The number of carbonyl (C=O) groups excluding carboxylic acids is 2. The molecule has 28 heavy (non-hydrogen) atoms. The second kappa shape index (κ2) is 10.4. The van der Waals surface area contributed by atoms with Crippen molar-refractivity contribution in [2.45, 2.75) is 46.1 Å². The van der Waals surface area contributed by atoms with E-state index in [1.165, 1.54) is 12.4 Å². The Labute approximate surface area is 162 Å². The van der Waals surface area contributed by atoms with E-state index in [-0.39, 0.29) is 30.5 Å². The van der Waals surface area contributed by atoms with E-state index in [9.17, 15) is 18.4 Å². The van der Waals surface area contributed by atoms with Crippen molar-refractivity contribution in [3.05, 3.63) is 53.0 Å². The van der Waals surface area contributed by atoms with Crippen molar-refractivity contribution in [1.29, 1.82) is 0 Å². The van der Waals surface area contributed by atoms with Crippen molar-refractivity contribution < 1.29 is 23.1 Å². The third-order valence-electron chi connectivity index (χ3n) is 4.01. The fraction of sp³-hybridized carbons (Fsp3) is 0.400. The van der Waals surface area contributed by atoms with Crippen molar-refractivity contribution in [3.63, 3.8) is 0 Å². The largest absolute Gasteiger partial charge is 0.471 e. The SMILES string of the molecule is CCC(=O)Cc1cc(C(=O)NCc2cnc(OCC(F)F)c(CC)c2)ccn1. The van der Waals surface area contributed by atoms with Crippen LogP contribution in [-0.2, 0) is 24.2 Å². The predicted molar refractivity (Wildman–Crippen MR) is 99.5 cm³/mol. The molecule has 6 nitrogen and oxygen atoms in total. The number of rotatable bonds is 10. The van der Waals surface area contributed by atoms with E-state index in [0.29, 0.717) is 29.7 Å². The minimum atomic E-state index is -2.57. The molecule has 2 rings (SSSR count). The summed E-state index contributed by atoms with van der Waals surface area (Å²) in [6, 6.07) is 4.94. The number of hydrogen-bond acceptors (Lipinski definition) is 5. The molecular weight excluding hydrogens is 368 g/mol. The number of alkyl halides is 2. The Hall–Kier alpha value is -2.90. The quantitative estimate of drug-likeness (QED) is 0.673. The highest BCUT2D eigenvalue weighted by Crippen LogP contribution is 2.18. The number of hydrogen-bond donors (Lipinski definition) is 1. The van der Waals surface area contributed by atoms with Crippen molar-refractivity contribution in [2.75, 3.05) is 6.61 Å². The highest BCUT2D eigenvalue weighted by Gasteiger charge is 2.12. The Morgan fingerprint density at radius 2 is 2.00 bits per heavy atom. The first-order valence-electron chi connectivity index (χ1n) is 9.06. The number of ether oxygens (including phenoxy) is 1. The molecule has 0 unspecified atom stereocenters. The second-order valence-electron chi connectivity index (χ2n) is 6.15. The summed E-state index contributed by atoms with van der Waals surface area (Å²) < 4.78 is 29.6. The van der Waals surface area contributed by atoms with Crippen LogP contribution in [0.25, 0.3) is 0 Å². The molecule has 0 aliphatic rings. The number of Topliss-reactive ketones (excluding diaryl/α,β-unsaturated/α-hetero) is 1. The number of carbonyl (C=O) groups is 2. The molecule has 0 atom stereocenters. The number of ketones is 1. The summed E-state index contributed by atoms with van der Waals surface area (Å²) in [4.78, 5) is 32.1. The molecule has 0 aliphatic carbocycles. The Kier molecular flexibility index (Phi) is 7.98. The molecule has 2 aromatic heterocycles. The lowest BCUT2D eigenvalue weighted by Gasteiger charge is -2.11. The molecule has 0 spiro atoms. The summed E-state index contributed by atoms with van der Waals surface area (Å²) in [5.41, 5.74) is 2.38. The summed E-state index contributed by atoms with van der Waals surface area (Å²) >= 11 is 0. The van der Waals surface area contributed by atoms with Crippen LogP contribution in [0.15, 0.2) is 30.6 Å². The lowest BCUT2D eigenvalue weighted by Crippen LogP contribution is -2.23. The number of nitrogens with zero attached hydrogens (tertiary/aromatic N) is 2. The van der Waals surface area contributed by atoms with Crippen LogP contribution in [0, 0.1) is 0 Å². The molecule has 2 heterocycles. The van der Waals surface area contributed by atoms with Gasteiger partial charge in [0, 0.05) is 48.6 Å². The topological polar surface area (TPSA) is 81.2 Å². The molecule has 0 bridgehead atoms. The minimum Gasteiger partial charge on any atom is -0.471 e. The third-order valence-corrected chi connectivity index (χ3v) is 4.01. The van der Waals surface area contributed by atoms with Gasteiger partial charge in [-0.25, -0.2) is 13.8 Å². The number of aryl methyl sites for hydroxylation is 1. The molecule has 0 fully saturated rings. The third kappa shape index (κ3) is 6.37. The first-order valence-corrected chi connectivity index (χ1v) is 9.06. The van der Waals surface area contributed by atoms with Crippen molar-refractivity contribution >= 4 is 11.7 Å². The van der Waals surface area contributed by atoms with Crippen molar-refractivity contribution in [2.24, 2.45) is 0 Å². The molecule has 0 radical (unpaired) electrons. The lowest BCUT2D eigenvalue weighted by atomic mass is 10.1. The first kappa shape index (κ1) is 21.4. The zero-order valence-corrected chi connectivity index (χ0v) is 15.9. The van der Waals surface area contributed by atoms with Crippen LogP contribution < -0.4 is 10.1 Å². The van der Waals surface area contributed by atoms with Crippen LogP contribution in [0.5, 0.6) is 5.88 Å². The molecule has 150 valence electrons. The van der Waals surface area contributed by atoms with Crippen LogP contribution in [0.4, 0.5) is 8.78 Å². The summed E-state index contributed by atoms with van der Waals surface area (Å²) in [6.07, 6.45) is 1.59. The average molecular weight is 391 g/mol. The molecule has 2 aromatic rings. The summed E-state index contributed by atoms with van der Waals surface area (Å²) in [5.74, 6) is -0.0710. The van der Waals surface area contributed by atoms with Gasteiger partial charge in [-0.05, 0) is 30.2 Å². The van der Waals surface area contributed by atoms with E-state index < -0.39 is 13.0 Å². The maximum atomic E-state index is 12.4. The number of halogens is 2. The molecule has 0 saturated carbocycles. The highest BCUT2D eigenvalue weighted by atomic mass is 19.3. The van der Waals surface area contributed by atoms with Gasteiger partial charge < -0.3 is 10.1 Å². The van der Waals surface area contributed by atoms with Crippen LogP contribution in [-0.4, -0.2) is 34.7 Å². The summed E-state index contributed by atoms with van der Waals surface area (Å²) in [6.45, 7) is 3.16. The van der Waals surface area contributed by atoms with Gasteiger partial charge in [0.2, 0.25) is 5.88 Å². The van der Waals surface area contributed by atoms with Crippen LogP contribution >= 0.6 is 0 Å². The van der Waals surface area contributed by atoms with Crippen molar-refractivity contribution in [3.8, 4) is 5.88 Å². The minimum absolute atomic E-state index is 0.0531. The zero-order valence-electron chi connectivity index (χ0n) is 15.9. The summed E-state index contributed by atoms with van der Waals surface area (Å²) in [5, 5.41) is 2.78. The molecule has 1 N–H and O–H groups in total. The number of aromatic nitrogens is 2. The average Bonchev–Trinajstić information content (AvgIpc) is 2.70. The normalized spacial score (nSPS) is 10.8.